The van der Waals surface area contributed by atoms with Crippen molar-refractivity contribution in [1.29, 1.82) is 0 Å². The van der Waals surface area contributed by atoms with Gasteiger partial charge in [0.05, 0.1) is 5.83 Å². The lowest BCUT2D eigenvalue weighted by Gasteiger charge is -2.30. The van der Waals surface area contributed by atoms with E-state index in [1.54, 1.807) is 6.08 Å². The number of benzene rings is 1. The number of nitrogens with zero attached hydrogens (tertiary/aromatic N) is 1. The molecule has 1 N–H and O–H groups in total. The van der Waals surface area contributed by atoms with Crippen LogP contribution in [-0.2, 0) is 13.0 Å². The molecular formula is C25H37FN2. The second-order valence-corrected chi connectivity index (χ2v) is 8.12. The van der Waals surface area contributed by atoms with Gasteiger partial charge >= 0.3 is 0 Å². The molecule has 0 amide bonds. The topological polar surface area (TPSA) is 15.3 Å². The molecule has 0 spiro atoms. The van der Waals surface area contributed by atoms with Crippen LogP contribution in [0.4, 0.5) is 4.39 Å². The predicted molar refractivity (Wildman–Crippen MR) is 119 cm³/mol. The summed E-state index contributed by atoms with van der Waals surface area (Å²) in [5.41, 5.74) is 5.40. The number of halogens is 1. The van der Waals surface area contributed by atoms with Crippen molar-refractivity contribution in [3.05, 3.63) is 70.6 Å². The monoisotopic (exact) mass is 384 g/mol. The van der Waals surface area contributed by atoms with Crippen molar-refractivity contribution in [2.24, 2.45) is 5.92 Å². The minimum absolute atomic E-state index is 0.129. The van der Waals surface area contributed by atoms with E-state index in [1.807, 2.05) is 13.1 Å². The molecule has 3 heteroatoms. The predicted octanol–water partition coefficient (Wildman–Crippen LogP) is 5.73. The van der Waals surface area contributed by atoms with E-state index in [4.69, 9.17) is 0 Å². The zero-order valence-corrected chi connectivity index (χ0v) is 18.1. The lowest BCUT2D eigenvalue weighted by atomic mass is 9.95. The summed E-state index contributed by atoms with van der Waals surface area (Å²) in [4.78, 5) is 2.54. The summed E-state index contributed by atoms with van der Waals surface area (Å²) in [6.45, 7) is 10.1. The van der Waals surface area contributed by atoms with Crippen LogP contribution in [0.5, 0.6) is 0 Å². The van der Waals surface area contributed by atoms with Crippen molar-refractivity contribution in [3.63, 3.8) is 0 Å². The SMILES string of the molecule is CNCc1ccc(C/C=C/C2CCN(CC/C(C)=C/C=C(\C)F)CC2)c(C)c1. The van der Waals surface area contributed by atoms with E-state index < -0.39 is 0 Å². The first-order chi connectivity index (χ1) is 13.5. The molecule has 0 bridgehead atoms. The van der Waals surface area contributed by atoms with Gasteiger partial charge in [-0.05, 0) is 95.3 Å². The molecule has 0 saturated carbocycles. The molecule has 0 atom stereocenters. The molecule has 1 aromatic carbocycles. The van der Waals surface area contributed by atoms with Crippen molar-refractivity contribution in [3.8, 4) is 0 Å². The van der Waals surface area contributed by atoms with Gasteiger partial charge in [0.1, 0.15) is 0 Å². The van der Waals surface area contributed by atoms with Gasteiger partial charge in [0.2, 0.25) is 0 Å². The Morgan fingerprint density at radius 2 is 1.96 bits per heavy atom. The van der Waals surface area contributed by atoms with E-state index in [9.17, 15) is 4.39 Å². The zero-order valence-electron chi connectivity index (χ0n) is 18.1. The highest BCUT2D eigenvalue weighted by Gasteiger charge is 2.16. The highest BCUT2D eigenvalue weighted by atomic mass is 19.1. The molecule has 2 nitrogen and oxygen atoms in total. The maximum Gasteiger partial charge on any atom is 0.0968 e. The fourth-order valence-electron chi connectivity index (χ4n) is 3.73. The number of piperidine rings is 1. The number of allylic oxidation sites excluding steroid dienone is 5. The number of nitrogens with one attached hydrogen (secondary N) is 1. The smallest absolute Gasteiger partial charge is 0.0968 e. The molecule has 1 aliphatic rings. The third kappa shape index (κ3) is 8.12. The maximum atomic E-state index is 12.8. The van der Waals surface area contributed by atoms with Gasteiger partial charge in [-0.15, -0.1) is 0 Å². The Balaban J connectivity index is 1.72. The average molecular weight is 385 g/mol. The maximum absolute atomic E-state index is 12.8. The standard InChI is InChI=1S/C25H37FN2/c1-20(8-9-22(3)26)12-15-28-16-13-23(14-17-28)6-5-7-25-11-10-24(19-27-4)18-21(25)2/h5-6,8-11,18,23,27H,7,12-17,19H2,1-4H3/b6-5+,20-8+,22-9+. The number of hydrogen-bond acceptors (Lipinski definition) is 2. The lowest BCUT2D eigenvalue weighted by molar-refractivity contribution is 0.205. The van der Waals surface area contributed by atoms with Crippen LogP contribution in [0.2, 0.25) is 0 Å². The van der Waals surface area contributed by atoms with Crippen molar-refractivity contribution >= 4 is 0 Å². The van der Waals surface area contributed by atoms with Crippen LogP contribution in [0.3, 0.4) is 0 Å². The summed E-state index contributed by atoms with van der Waals surface area (Å²) in [6.07, 6.45) is 12.8. The normalized spacial score (nSPS) is 17.6. The summed E-state index contributed by atoms with van der Waals surface area (Å²) in [5.74, 6) is 0.574. The van der Waals surface area contributed by atoms with Crippen LogP contribution in [0.1, 0.15) is 49.8 Å². The first-order valence-corrected chi connectivity index (χ1v) is 10.6. The average Bonchev–Trinajstić information content (AvgIpc) is 2.67. The molecule has 0 unspecified atom stereocenters. The molecule has 1 saturated heterocycles. The van der Waals surface area contributed by atoms with Crippen molar-refractivity contribution in [2.75, 3.05) is 26.7 Å². The van der Waals surface area contributed by atoms with Crippen LogP contribution < -0.4 is 5.32 Å². The Hall–Kier alpha value is -1.71. The number of likely N-dealkylation sites (tertiary alicyclic amines) is 1. The van der Waals surface area contributed by atoms with Gasteiger partial charge in [0, 0.05) is 13.1 Å². The summed E-state index contributed by atoms with van der Waals surface area (Å²) >= 11 is 0. The fourth-order valence-corrected chi connectivity index (χ4v) is 3.73. The summed E-state index contributed by atoms with van der Waals surface area (Å²) in [5, 5.41) is 3.21. The van der Waals surface area contributed by atoms with Crippen LogP contribution in [0, 0.1) is 12.8 Å². The first-order valence-electron chi connectivity index (χ1n) is 10.6. The highest BCUT2D eigenvalue weighted by molar-refractivity contribution is 5.32. The van der Waals surface area contributed by atoms with Crippen LogP contribution in [0.25, 0.3) is 0 Å². The minimum atomic E-state index is -0.129. The Bertz CT molecular complexity index is 690. The summed E-state index contributed by atoms with van der Waals surface area (Å²) < 4.78 is 12.8. The second kappa shape index (κ2) is 12.0. The lowest BCUT2D eigenvalue weighted by Crippen LogP contribution is -2.34. The highest BCUT2D eigenvalue weighted by Crippen LogP contribution is 2.20. The molecule has 1 fully saturated rings. The molecule has 0 aromatic heterocycles. The third-order valence-electron chi connectivity index (χ3n) is 5.59. The molecule has 2 rings (SSSR count). The zero-order chi connectivity index (χ0) is 20.4. The van der Waals surface area contributed by atoms with Crippen LogP contribution in [-0.4, -0.2) is 31.6 Å². The fraction of sp³-hybridized carbons (Fsp3) is 0.520. The van der Waals surface area contributed by atoms with Crippen LogP contribution >= 0.6 is 0 Å². The van der Waals surface area contributed by atoms with Gasteiger partial charge in [0.15, 0.2) is 0 Å². The Labute approximate surface area is 171 Å². The molecule has 0 radical (unpaired) electrons. The van der Waals surface area contributed by atoms with Gasteiger partial charge in [-0.1, -0.05) is 42.0 Å². The quantitative estimate of drug-likeness (QED) is 0.432. The summed E-state index contributed by atoms with van der Waals surface area (Å²) in [6, 6.07) is 6.79. The van der Waals surface area contributed by atoms with Crippen molar-refractivity contribution < 1.29 is 4.39 Å². The minimum Gasteiger partial charge on any atom is -0.316 e. The van der Waals surface area contributed by atoms with E-state index in [-0.39, 0.29) is 5.83 Å². The molecule has 1 aromatic rings. The second-order valence-electron chi connectivity index (χ2n) is 8.12. The van der Waals surface area contributed by atoms with Gasteiger partial charge in [-0.3, -0.25) is 0 Å². The van der Waals surface area contributed by atoms with Crippen molar-refractivity contribution in [1.82, 2.24) is 10.2 Å². The van der Waals surface area contributed by atoms with E-state index >= 15 is 0 Å². The molecule has 0 aliphatic carbocycles. The molecule has 28 heavy (non-hydrogen) atoms. The van der Waals surface area contributed by atoms with Gasteiger partial charge < -0.3 is 10.2 Å². The van der Waals surface area contributed by atoms with Gasteiger partial charge in [0.25, 0.3) is 0 Å². The van der Waals surface area contributed by atoms with E-state index in [1.165, 1.54) is 42.0 Å². The first kappa shape index (κ1) is 22.6. The largest absolute Gasteiger partial charge is 0.316 e. The Kier molecular flexibility index (Phi) is 9.66. The van der Waals surface area contributed by atoms with E-state index in [2.05, 4.69) is 54.4 Å². The van der Waals surface area contributed by atoms with Gasteiger partial charge in [-0.25, -0.2) is 4.39 Å². The van der Waals surface area contributed by atoms with Crippen molar-refractivity contribution in [2.45, 2.75) is 53.0 Å². The molecule has 1 aliphatic heterocycles. The summed E-state index contributed by atoms with van der Waals surface area (Å²) in [7, 11) is 1.99. The Morgan fingerprint density at radius 1 is 1.21 bits per heavy atom. The van der Waals surface area contributed by atoms with E-state index in [0.29, 0.717) is 5.92 Å². The molecule has 154 valence electrons. The molecule has 1 heterocycles. The number of hydrogen-bond donors (Lipinski definition) is 1. The number of aryl methyl sites for hydroxylation is 1. The van der Waals surface area contributed by atoms with E-state index in [0.717, 1.165) is 39.0 Å². The number of rotatable bonds is 9. The van der Waals surface area contributed by atoms with Crippen LogP contribution in [0.15, 0.2) is 53.9 Å². The third-order valence-corrected chi connectivity index (χ3v) is 5.59. The Morgan fingerprint density at radius 3 is 2.61 bits per heavy atom. The molecular weight excluding hydrogens is 347 g/mol. The van der Waals surface area contributed by atoms with Gasteiger partial charge in [-0.2, -0.15) is 0 Å².